The number of rotatable bonds is 10. The van der Waals surface area contributed by atoms with Crippen LogP contribution < -0.4 is 10.2 Å². The summed E-state index contributed by atoms with van der Waals surface area (Å²) in [6.45, 7) is 8.75. The summed E-state index contributed by atoms with van der Waals surface area (Å²) in [5.41, 5.74) is 8.45. The van der Waals surface area contributed by atoms with Crippen LogP contribution in [-0.4, -0.2) is 43.1 Å². The van der Waals surface area contributed by atoms with E-state index < -0.39 is 0 Å². The standard InChI is InChI=1S/C27H34N2O2/c1-4-29(15-17-31)24-11-13-26(21(3)19-24)27(22-8-6-5-7-9-22)25-12-10-23(18-20(25)2)28-14-16-30/h5-13,18-19,27-28,30-31H,4,14-17H2,1-3H3. The van der Waals surface area contributed by atoms with Gasteiger partial charge in [0.15, 0.2) is 0 Å². The Morgan fingerprint density at radius 2 is 1.52 bits per heavy atom. The largest absolute Gasteiger partial charge is 0.395 e. The van der Waals surface area contributed by atoms with Crippen LogP contribution in [0.5, 0.6) is 0 Å². The van der Waals surface area contributed by atoms with Crippen molar-refractivity contribution in [2.75, 3.05) is 43.1 Å². The van der Waals surface area contributed by atoms with E-state index in [1.807, 2.05) is 0 Å². The minimum atomic E-state index is 0.115. The lowest BCUT2D eigenvalue weighted by atomic mass is 9.81. The molecule has 3 N–H and O–H groups in total. The van der Waals surface area contributed by atoms with Crippen molar-refractivity contribution in [3.63, 3.8) is 0 Å². The molecule has 0 saturated heterocycles. The van der Waals surface area contributed by atoms with Gasteiger partial charge in [-0.15, -0.1) is 0 Å². The van der Waals surface area contributed by atoms with Gasteiger partial charge in [-0.05, 0) is 72.9 Å². The fourth-order valence-electron chi connectivity index (χ4n) is 4.25. The van der Waals surface area contributed by atoms with Gasteiger partial charge in [0.25, 0.3) is 0 Å². The molecule has 0 saturated carbocycles. The molecule has 0 radical (unpaired) electrons. The summed E-state index contributed by atoms with van der Waals surface area (Å²) in [7, 11) is 0. The molecule has 0 spiro atoms. The van der Waals surface area contributed by atoms with E-state index in [9.17, 15) is 5.11 Å². The van der Waals surface area contributed by atoms with Crippen molar-refractivity contribution in [3.05, 3.63) is 94.5 Å². The Bertz CT molecular complexity index is 972. The molecule has 1 unspecified atom stereocenters. The van der Waals surface area contributed by atoms with Gasteiger partial charge in [-0.25, -0.2) is 0 Å². The Labute approximate surface area is 186 Å². The van der Waals surface area contributed by atoms with Gasteiger partial charge >= 0.3 is 0 Å². The minimum Gasteiger partial charge on any atom is -0.395 e. The molecule has 164 valence electrons. The highest BCUT2D eigenvalue weighted by Gasteiger charge is 2.21. The van der Waals surface area contributed by atoms with Crippen molar-refractivity contribution in [1.82, 2.24) is 0 Å². The van der Waals surface area contributed by atoms with E-state index in [1.54, 1.807) is 0 Å². The third-order valence-electron chi connectivity index (χ3n) is 5.84. The lowest BCUT2D eigenvalue weighted by Crippen LogP contribution is -2.26. The van der Waals surface area contributed by atoms with Crippen LogP contribution in [0.4, 0.5) is 11.4 Å². The van der Waals surface area contributed by atoms with Gasteiger partial charge in [0.05, 0.1) is 13.2 Å². The molecule has 0 aliphatic rings. The zero-order valence-corrected chi connectivity index (χ0v) is 18.8. The lowest BCUT2D eigenvalue weighted by Gasteiger charge is -2.26. The highest BCUT2D eigenvalue weighted by atomic mass is 16.3. The van der Waals surface area contributed by atoms with Crippen LogP contribution in [0, 0.1) is 13.8 Å². The Morgan fingerprint density at radius 3 is 2.10 bits per heavy atom. The van der Waals surface area contributed by atoms with Gasteiger partial charge in [0.1, 0.15) is 0 Å². The maximum Gasteiger partial charge on any atom is 0.0606 e. The number of aliphatic hydroxyl groups is 2. The molecule has 3 rings (SSSR count). The molecule has 4 heteroatoms. The second kappa shape index (κ2) is 11.0. The third-order valence-corrected chi connectivity index (χ3v) is 5.84. The average Bonchev–Trinajstić information content (AvgIpc) is 2.79. The zero-order chi connectivity index (χ0) is 22.2. The van der Waals surface area contributed by atoms with E-state index in [0.717, 1.165) is 17.9 Å². The maximum atomic E-state index is 9.38. The van der Waals surface area contributed by atoms with Crippen molar-refractivity contribution in [2.45, 2.75) is 26.7 Å². The van der Waals surface area contributed by atoms with Crippen molar-refractivity contribution >= 4 is 11.4 Å². The molecule has 0 amide bonds. The second-order valence-corrected chi connectivity index (χ2v) is 7.91. The van der Waals surface area contributed by atoms with Gasteiger partial charge in [0.2, 0.25) is 0 Å². The number of anilines is 2. The first-order chi connectivity index (χ1) is 15.1. The van der Waals surface area contributed by atoms with Gasteiger partial charge in [0, 0.05) is 36.9 Å². The predicted octanol–water partition coefficient (Wildman–Crippen LogP) is 4.71. The number of nitrogens with zero attached hydrogens (tertiary/aromatic N) is 1. The average molecular weight is 419 g/mol. The summed E-state index contributed by atoms with van der Waals surface area (Å²) >= 11 is 0. The number of aliphatic hydroxyl groups excluding tert-OH is 2. The fraction of sp³-hybridized carbons (Fsp3) is 0.333. The molecular formula is C27H34N2O2. The van der Waals surface area contributed by atoms with E-state index in [0.29, 0.717) is 13.1 Å². The van der Waals surface area contributed by atoms with Crippen LogP contribution in [0.15, 0.2) is 66.7 Å². The van der Waals surface area contributed by atoms with Crippen molar-refractivity contribution in [3.8, 4) is 0 Å². The number of hydrogen-bond donors (Lipinski definition) is 3. The smallest absolute Gasteiger partial charge is 0.0606 e. The summed E-state index contributed by atoms with van der Waals surface area (Å²) in [4.78, 5) is 2.20. The van der Waals surface area contributed by atoms with E-state index >= 15 is 0 Å². The summed E-state index contributed by atoms with van der Waals surface area (Å²) in [5.74, 6) is 0.134. The van der Waals surface area contributed by atoms with Gasteiger partial charge < -0.3 is 20.4 Å². The van der Waals surface area contributed by atoms with Crippen molar-refractivity contribution < 1.29 is 10.2 Å². The lowest BCUT2D eigenvalue weighted by molar-refractivity contribution is 0.302. The number of hydrogen-bond acceptors (Lipinski definition) is 4. The molecule has 0 heterocycles. The SMILES string of the molecule is CCN(CCO)c1ccc(C(c2ccccc2)c2ccc(NCCO)cc2C)c(C)c1. The fourth-order valence-corrected chi connectivity index (χ4v) is 4.25. The summed E-state index contributed by atoms with van der Waals surface area (Å²) in [5, 5.41) is 21.7. The highest BCUT2D eigenvalue weighted by Crippen LogP contribution is 2.37. The first kappa shape index (κ1) is 22.9. The molecule has 4 nitrogen and oxygen atoms in total. The van der Waals surface area contributed by atoms with Crippen LogP contribution >= 0.6 is 0 Å². The predicted molar refractivity (Wildman–Crippen MR) is 130 cm³/mol. The summed E-state index contributed by atoms with van der Waals surface area (Å²) in [6, 6.07) is 23.7. The Kier molecular flexibility index (Phi) is 8.10. The third kappa shape index (κ3) is 5.46. The van der Waals surface area contributed by atoms with Crippen molar-refractivity contribution in [1.29, 1.82) is 0 Å². The highest BCUT2D eigenvalue weighted by molar-refractivity contribution is 5.58. The van der Waals surface area contributed by atoms with E-state index in [2.05, 4.69) is 97.7 Å². The molecule has 0 aromatic heterocycles. The molecule has 0 fully saturated rings. The topological polar surface area (TPSA) is 55.7 Å². The number of likely N-dealkylation sites (N-methyl/N-ethyl adjacent to an activating group) is 1. The minimum absolute atomic E-state index is 0.115. The van der Waals surface area contributed by atoms with Crippen LogP contribution in [0.25, 0.3) is 0 Å². The van der Waals surface area contributed by atoms with Gasteiger partial charge in [-0.2, -0.15) is 0 Å². The molecule has 0 bridgehead atoms. The number of aryl methyl sites for hydroxylation is 2. The van der Waals surface area contributed by atoms with Crippen molar-refractivity contribution in [2.24, 2.45) is 0 Å². The van der Waals surface area contributed by atoms with E-state index in [4.69, 9.17) is 5.11 Å². The van der Waals surface area contributed by atoms with Gasteiger partial charge in [-0.3, -0.25) is 0 Å². The van der Waals surface area contributed by atoms with Crippen LogP contribution in [0.3, 0.4) is 0 Å². The number of benzene rings is 3. The zero-order valence-electron chi connectivity index (χ0n) is 18.8. The Balaban J connectivity index is 2.05. The van der Waals surface area contributed by atoms with Crippen LogP contribution in [0.2, 0.25) is 0 Å². The number of nitrogens with one attached hydrogen (secondary N) is 1. The quantitative estimate of drug-likeness (QED) is 0.418. The first-order valence-electron chi connectivity index (χ1n) is 11.1. The van der Waals surface area contributed by atoms with Crippen LogP contribution in [-0.2, 0) is 0 Å². The first-order valence-corrected chi connectivity index (χ1v) is 11.1. The van der Waals surface area contributed by atoms with E-state index in [-0.39, 0.29) is 19.1 Å². The molecular weight excluding hydrogens is 384 g/mol. The second-order valence-electron chi connectivity index (χ2n) is 7.91. The maximum absolute atomic E-state index is 9.38. The Hall–Kier alpha value is -2.82. The van der Waals surface area contributed by atoms with E-state index in [1.165, 1.54) is 27.8 Å². The van der Waals surface area contributed by atoms with Crippen LogP contribution in [0.1, 0.15) is 40.7 Å². The normalized spacial score (nSPS) is 11.9. The monoisotopic (exact) mass is 418 g/mol. The molecule has 31 heavy (non-hydrogen) atoms. The summed E-state index contributed by atoms with van der Waals surface area (Å²) in [6.07, 6.45) is 0. The molecule has 0 aliphatic carbocycles. The summed E-state index contributed by atoms with van der Waals surface area (Å²) < 4.78 is 0. The van der Waals surface area contributed by atoms with Gasteiger partial charge in [-0.1, -0.05) is 42.5 Å². The Morgan fingerprint density at radius 1 is 0.839 bits per heavy atom. The molecule has 3 aromatic carbocycles. The molecule has 1 atom stereocenters. The molecule has 0 aliphatic heterocycles. The molecule has 3 aromatic rings.